The van der Waals surface area contributed by atoms with Gasteiger partial charge in [-0.15, -0.1) is 0 Å². The van der Waals surface area contributed by atoms with Crippen molar-refractivity contribution >= 4 is 5.97 Å². The third-order valence-electron chi connectivity index (χ3n) is 1.91. The SMILES string of the molecule is COCC(C)C(O)C(C)C(=O)O. The van der Waals surface area contributed by atoms with Gasteiger partial charge < -0.3 is 14.9 Å². The number of rotatable bonds is 5. The normalized spacial score (nSPS) is 18.3. The highest BCUT2D eigenvalue weighted by atomic mass is 16.5. The van der Waals surface area contributed by atoms with Gasteiger partial charge in [0.25, 0.3) is 0 Å². The summed E-state index contributed by atoms with van der Waals surface area (Å²) in [4.78, 5) is 10.4. The minimum absolute atomic E-state index is 0.152. The molecule has 72 valence electrons. The molecule has 0 aromatic rings. The van der Waals surface area contributed by atoms with Crippen LogP contribution in [0, 0.1) is 11.8 Å². The van der Waals surface area contributed by atoms with Gasteiger partial charge in [0.2, 0.25) is 0 Å². The molecule has 0 saturated heterocycles. The van der Waals surface area contributed by atoms with E-state index in [2.05, 4.69) is 0 Å². The van der Waals surface area contributed by atoms with Crippen LogP contribution in [0.15, 0.2) is 0 Å². The molecule has 0 aliphatic rings. The molecule has 4 nitrogen and oxygen atoms in total. The fourth-order valence-electron chi connectivity index (χ4n) is 1.00. The fourth-order valence-corrected chi connectivity index (χ4v) is 1.00. The van der Waals surface area contributed by atoms with E-state index >= 15 is 0 Å². The number of aliphatic hydroxyl groups excluding tert-OH is 1. The van der Waals surface area contributed by atoms with Crippen molar-refractivity contribution in [3.05, 3.63) is 0 Å². The highest BCUT2D eigenvalue weighted by Gasteiger charge is 2.26. The largest absolute Gasteiger partial charge is 0.481 e. The molecule has 12 heavy (non-hydrogen) atoms. The smallest absolute Gasteiger partial charge is 0.308 e. The summed E-state index contributed by atoms with van der Waals surface area (Å²) in [6.07, 6.45) is -0.845. The van der Waals surface area contributed by atoms with E-state index in [1.807, 2.05) is 0 Å². The molecular weight excluding hydrogens is 160 g/mol. The summed E-state index contributed by atoms with van der Waals surface area (Å²) in [5.74, 6) is -1.87. The highest BCUT2D eigenvalue weighted by molar-refractivity contribution is 5.70. The number of aliphatic carboxylic acids is 1. The summed E-state index contributed by atoms with van der Waals surface area (Å²) in [5, 5.41) is 18.0. The van der Waals surface area contributed by atoms with Gasteiger partial charge >= 0.3 is 5.97 Å². The van der Waals surface area contributed by atoms with Gasteiger partial charge in [0.05, 0.1) is 18.6 Å². The topological polar surface area (TPSA) is 66.8 Å². The van der Waals surface area contributed by atoms with Crippen LogP contribution in [0.3, 0.4) is 0 Å². The molecule has 0 saturated carbocycles. The standard InChI is InChI=1S/C8H16O4/c1-5(4-12-3)7(9)6(2)8(10)11/h5-7,9H,4H2,1-3H3,(H,10,11). The van der Waals surface area contributed by atoms with Gasteiger partial charge in [0, 0.05) is 13.0 Å². The first-order valence-electron chi connectivity index (χ1n) is 3.90. The molecule has 0 aliphatic carbocycles. The molecule has 0 aromatic carbocycles. The number of carbonyl (C=O) groups is 1. The maximum atomic E-state index is 10.4. The van der Waals surface area contributed by atoms with Crippen molar-refractivity contribution < 1.29 is 19.7 Å². The molecule has 4 heteroatoms. The van der Waals surface area contributed by atoms with Crippen molar-refractivity contribution in [2.45, 2.75) is 20.0 Å². The lowest BCUT2D eigenvalue weighted by molar-refractivity contribution is -0.146. The van der Waals surface area contributed by atoms with Gasteiger partial charge in [-0.3, -0.25) is 4.79 Å². The van der Waals surface area contributed by atoms with Gasteiger partial charge in [-0.2, -0.15) is 0 Å². The van der Waals surface area contributed by atoms with E-state index in [0.29, 0.717) is 6.61 Å². The second-order valence-corrected chi connectivity index (χ2v) is 3.05. The maximum absolute atomic E-state index is 10.4. The molecule has 0 spiro atoms. The van der Waals surface area contributed by atoms with E-state index in [9.17, 15) is 9.90 Å². The van der Waals surface area contributed by atoms with Crippen molar-refractivity contribution in [1.82, 2.24) is 0 Å². The lowest BCUT2D eigenvalue weighted by Crippen LogP contribution is -2.33. The van der Waals surface area contributed by atoms with Crippen LogP contribution in [0.25, 0.3) is 0 Å². The van der Waals surface area contributed by atoms with Crippen molar-refractivity contribution in [1.29, 1.82) is 0 Å². The van der Waals surface area contributed by atoms with E-state index in [-0.39, 0.29) is 5.92 Å². The van der Waals surface area contributed by atoms with Crippen LogP contribution in [0.5, 0.6) is 0 Å². The Kier molecular flexibility index (Phi) is 4.85. The second kappa shape index (κ2) is 5.11. The number of aliphatic hydroxyl groups is 1. The first kappa shape index (κ1) is 11.4. The first-order chi connectivity index (χ1) is 5.50. The summed E-state index contributed by atoms with van der Waals surface area (Å²) >= 11 is 0. The van der Waals surface area contributed by atoms with E-state index in [4.69, 9.17) is 9.84 Å². The van der Waals surface area contributed by atoms with Gasteiger partial charge in [0.15, 0.2) is 0 Å². The lowest BCUT2D eigenvalue weighted by Gasteiger charge is -2.21. The zero-order valence-electron chi connectivity index (χ0n) is 7.65. The number of carboxylic acids is 1. The number of carboxylic acid groups (broad SMARTS) is 1. The first-order valence-corrected chi connectivity index (χ1v) is 3.90. The van der Waals surface area contributed by atoms with Crippen molar-refractivity contribution in [3.63, 3.8) is 0 Å². The van der Waals surface area contributed by atoms with E-state index in [1.165, 1.54) is 14.0 Å². The summed E-state index contributed by atoms with van der Waals surface area (Å²) in [6, 6.07) is 0. The zero-order valence-corrected chi connectivity index (χ0v) is 7.65. The fraction of sp³-hybridized carbons (Fsp3) is 0.875. The van der Waals surface area contributed by atoms with E-state index < -0.39 is 18.0 Å². The Morgan fingerprint density at radius 2 is 2.00 bits per heavy atom. The quantitative estimate of drug-likeness (QED) is 0.634. The monoisotopic (exact) mass is 176 g/mol. The molecule has 2 N–H and O–H groups in total. The third-order valence-corrected chi connectivity index (χ3v) is 1.91. The molecule has 3 unspecified atom stereocenters. The van der Waals surface area contributed by atoms with Crippen molar-refractivity contribution in [2.24, 2.45) is 11.8 Å². The van der Waals surface area contributed by atoms with Crippen LogP contribution < -0.4 is 0 Å². The van der Waals surface area contributed by atoms with Gasteiger partial charge in [0.1, 0.15) is 0 Å². The number of methoxy groups -OCH3 is 1. The Labute approximate surface area is 72.2 Å². The Morgan fingerprint density at radius 3 is 2.33 bits per heavy atom. The van der Waals surface area contributed by atoms with Crippen LogP contribution in [0.4, 0.5) is 0 Å². The summed E-state index contributed by atoms with van der Waals surface area (Å²) < 4.78 is 4.80. The van der Waals surface area contributed by atoms with Gasteiger partial charge in [-0.25, -0.2) is 0 Å². The summed E-state index contributed by atoms with van der Waals surface area (Å²) in [7, 11) is 1.52. The maximum Gasteiger partial charge on any atom is 0.308 e. The van der Waals surface area contributed by atoms with Crippen molar-refractivity contribution in [2.75, 3.05) is 13.7 Å². The van der Waals surface area contributed by atoms with Gasteiger partial charge in [-0.1, -0.05) is 6.92 Å². The Balaban J connectivity index is 3.99. The molecular formula is C8H16O4. The van der Waals surface area contributed by atoms with Crippen molar-refractivity contribution in [3.8, 4) is 0 Å². The molecule has 0 amide bonds. The average Bonchev–Trinajstić information content (AvgIpc) is 2.02. The Morgan fingerprint density at radius 1 is 1.50 bits per heavy atom. The Bertz CT molecular complexity index is 146. The second-order valence-electron chi connectivity index (χ2n) is 3.05. The van der Waals surface area contributed by atoms with Crippen LogP contribution >= 0.6 is 0 Å². The molecule has 0 aromatic heterocycles. The predicted molar refractivity (Wildman–Crippen MR) is 43.8 cm³/mol. The van der Waals surface area contributed by atoms with E-state index in [0.717, 1.165) is 0 Å². The van der Waals surface area contributed by atoms with Crippen LogP contribution in [0.2, 0.25) is 0 Å². The third kappa shape index (κ3) is 3.19. The molecule has 0 rings (SSSR count). The Hall–Kier alpha value is -0.610. The molecule has 3 atom stereocenters. The van der Waals surface area contributed by atoms with Crippen LogP contribution in [-0.4, -0.2) is 36.0 Å². The lowest BCUT2D eigenvalue weighted by atomic mass is 9.94. The molecule has 0 heterocycles. The molecule has 0 fully saturated rings. The van der Waals surface area contributed by atoms with E-state index in [1.54, 1.807) is 6.92 Å². The minimum Gasteiger partial charge on any atom is -0.481 e. The van der Waals surface area contributed by atoms with Crippen LogP contribution in [0.1, 0.15) is 13.8 Å². The van der Waals surface area contributed by atoms with Crippen LogP contribution in [-0.2, 0) is 9.53 Å². The number of ether oxygens (including phenoxy) is 1. The number of hydrogen-bond donors (Lipinski definition) is 2. The highest BCUT2D eigenvalue weighted by Crippen LogP contribution is 2.13. The molecule has 0 bridgehead atoms. The zero-order chi connectivity index (χ0) is 9.72. The number of hydrogen-bond acceptors (Lipinski definition) is 3. The summed E-state index contributed by atoms with van der Waals surface area (Å²) in [6.45, 7) is 3.62. The average molecular weight is 176 g/mol. The molecule has 0 aliphatic heterocycles. The predicted octanol–water partition coefficient (Wildman–Crippen LogP) is 0.350. The molecule has 0 radical (unpaired) electrons. The summed E-state index contributed by atoms with van der Waals surface area (Å²) in [5.41, 5.74) is 0. The van der Waals surface area contributed by atoms with Gasteiger partial charge in [-0.05, 0) is 6.92 Å². The minimum atomic E-state index is -0.981.